The molecule has 4 heteroatoms. The van der Waals surface area contributed by atoms with E-state index in [-0.39, 0.29) is 6.10 Å². The lowest BCUT2D eigenvalue weighted by Crippen LogP contribution is -2.17. The minimum atomic E-state index is -0.276. The van der Waals surface area contributed by atoms with E-state index in [4.69, 9.17) is 0 Å². The van der Waals surface area contributed by atoms with Gasteiger partial charge >= 0.3 is 0 Å². The Bertz CT molecular complexity index is 372. The second kappa shape index (κ2) is 7.34. The lowest BCUT2D eigenvalue weighted by Gasteiger charge is -2.21. The van der Waals surface area contributed by atoms with E-state index in [9.17, 15) is 5.11 Å². The van der Waals surface area contributed by atoms with Gasteiger partial charge < -0.3 is 5.11 Å². The van der Waals surface area contributed by atoms with Crippen LogP contribution in [0, 0.1) is 0 Å². The Morgan fingerprint density at radius 2 is 2.11 bits per heavy atom. The number of hydrogen-bond donors (Lipinski definition) is 1. The molecule has 19 heavy (non-hydrogen) atoms. The molecule has 1 N–H and O–H groups in total. The minimum absolute atomic E-state index is 0.276. The summed E-state index contributed by atoms with van der Waals surface area (Å²) in [6, 6.07) is 2.65. The predicted molar refractivity (Wildman–Crippen MR) is 81.7 cm³/mol. The van der Waals surface area contributed by atoms with E-state index in [0.29, 0.717) is 17.7 Å². The van der Waals surface area contributed by atoms with Crippen molar-refractivity contribution >= 4 is 11.8 Å². The van der Waals surface area contributed by atoms with E-state index in [1.54, 1.807) is 0 Å². The molecule has 1 heterocycles. The molecule has 1 aliphatic rings. The van der Waals surface area contributed by atoms with Crippen molar-refractivity contribution in [2.24, 2.45) is 0 Å². The molecule has 1 saturated carbocycles. The van der Waals surface area contributed by atoms with Gasteiger partial charge in [-0.3, -0.25) is 4.68 Å². The van der Waals surface area contributed by atoms with E-state index < -0.39 is 0 Å². The summed E-state index contributed by atoms with van der Waals surface area (Å²) in [6.45, 7) is 4.32. The van der Waals surface area contributed by atoms with Crippen LogP contribution in [0.25, 0.3) is 0 Å². The van der Waals surface area contributed by atoms with Gasteiger partial charge in [-0.2, -0.15) is 16.9 Å². The maximum absolute atomic E-state index is 10.0. The highest BCUT2D eigenvalue weighted by Crippen LogP contribution is 2.27. The van der Waals surface area contributed by atoms with Crippen LogP contribution in [0.15, 0.2) is 12.3 Å². The van der Waals surface area contributed by atoms with Gasteiger partial charge in [-0.05, 0) is 24.2 Å². The Morgan fingerprint density at radius 3 is 2.79 bits per heavy atom. The Morgan fingerprint density at radius 1 is 1.37 bits per heavy atom. The van der Waals surface area contributed by atoms with Gasteiger partial charge in [0.1, 0.15) is 0 Å². The Balaban J connectivity index is 1.82. The topological polar surface area (TPSA) is 38.0 Å². The number of rotatable bonds is 6. The normalized spacial score (nSPS) is 18.9. The zero-order valence-electron chi connectivity index (χ0n) is 12.1. The number of nitrogens with zero attached hydrogens (tertiary/aromatic N) is 2. The highest BCUT2D eigenvalue weighted by atomic mass is 32.2. The molecular formula is C15H26N2OS. The van der Waals surface area contributed by atoms with Crippen LogP contribution in [-0.2, 0) is 6.42 Å². The van der Waals surface area contributed by atoms with Gasteiger partial charge in [-0.25, -0.2) is 0 Å². The molecule has 0 spiro atoms. The standard InChI is InChI=1S/C15H26N2OS/c1-12(2)19-11-15(18)10-13-8-9-17(16-13)14-6-4-3-5-7-14/h8-9,12,14-15,18H,3-7,10-11H2,1-2H3. The van der Waals surface area contributed by atoms with Crippen LogP contribution in [0.1, 0.15) is 57.7 Å². The number of aliphatic hydroxyl groups excluding tert-OH is 1. The molecule has 1 fully saturated rings. The number of aromatic nitrogens is 2. The van der Waals surface area contributed by atoms with Crippen molar-refractivity contribution in [3.63, 3.8) is 0 Å². The van der Waals surface area contributed by atoms with Crippen molar-refractivity contribution < 1.29 is 5.11 Å². The molecule has 0 radical (unpaired) electrons. The summed E-state index contributed by atoms with van der Waals surface area (Å²) in [5, 5.41) is 15.2. The van der Waals surface area contributed by atoms with Crippen LogP contribution in [0.4, 0.5) is 0 Å². The first-order valence-corrected chi connectivity index (χ1v) is 8.53. The predicted octanol–water partition coefficient (Wildman–Crippen LogP) is 3.43. The van der Waals surface area contributed by atoms with Crippen molar-refractivity contribution in [3.8, 4) is 0 Å². The number of hydrogen-bond acceptors (Lipinski definition) is 3. The summed E-state index contributed by atoms with van der Waals surface area (Å²) in [4.78, 5) is 0. The second-order valence-corrected chi connectivity index (χ2v) is 7.43. The lowest BCUT2D eigenvalue weighted by molar-refractivity contribution is 0.198. The van der Waals surface area contributed by atoms with Gasteiger partial charge in [0.25, 0.3) is 0 Å². The molecule has 1 atom stereocenters. The molecule has 0 bridgehead atoms. The van der Waals surface area contributed by atoms with Crippen LogP contribution >= 0.6 is 11.8 Å². The molecule has 2 rings (SSSR count). The molecule has 1 unspecified atom stereocenters. The first-order chi connectivity index (χ1) is 9.15. The average Bonchev–Trinajstić information content (AvgIpc) is 2.86. The van der Waals surface area contributed by atoms with Crippen LogP contribution in [0.2, 0.25) is 0 Å². The molecule has 1 aromatic heterocycles. The maximum atomic E-state index is 10.0. The van der Waals surface area contributed by atoms with Gasteiger partial charge in [-0.15, -0.1) is 0 Å². The Kier molecular flexibility index (Phi) is 5.76. The summed E-state index contributed by atoms with van der Waals surface area (Å²) in [5.41, 5.74) is 1.03. The van der Waals surface area contributed by atoms with Crippen LogP contribution < -0.4 is 0 Å². The molecule has 0 saturated heterocycles. The lowest BCUT2D eigenvalue weighted by atomic mass is 9.96. The fraction of sp³-hybridized carbons (Fsp3) is 0.800. The van der Waals surface area contributed by atoms with Gasteiger partial charge in [0.15, 0.2) is 0 Å². The third-order valence-electron chi connectivity index (χ3n) is 3.68. The van der Waals surface area contributed by atoms with E-state index >= 15 is 0 Å². The fourth-order valence-electron chi connectivity index (χ4n) is 2.64. The molecule has 0 amide bonds. The molecule has 0 aliphatic heterocycles. The van der Waals surface area contributed by atoms with E-state index in [2.05, 4.69) is 35.9 Å². The molecular weight excluding hydrogens is 256 g/mol. The Labute approximate surface area is 120 Å². The summed E-state index contributed by atoms with van der Waals surface area (Å²) in [6.07, 6.45) is 9.03. The van der Waals surface area contributed by atoms with Gasteiger partial charge in [0, 0.05) is 18.4 Å². The summed E-state index contributed by atoms with van der Waals surface area (Å²) in [7, 11) is 0. The van der Waals surface area contributed by atoms with Crippen molar-refractivity contribution in [1.29, 1.82) is 0 Å². The van der Waals surface area contributed by atoms with E-state index in [1.165, 1.54) is 32.1 Å². The van der Waals surface area contributed by atoms with Crippen molar-refractivity contribution in [2.45, 2.75) is 69.8 Å². The van der Waals surface area contributed by atoms with Gasteiger partial charge in [0.2, 0.25) is 0 Å². The molecule has 1 aromatic rings. The summed E-state index contributed by atoms with van der Waals surface area (Å²) >= 11 is 1.81. The third-order valence-corrected chi connectivity index (χ3v) is 4.92. The quantitative estimate of drug-likeness (QED) is 0.868. The van der Waals surface area contributed by atoms with E-state index in [1.807, 2.05) is 11.8 Å². The zero-order valence-corrected chi connectivity index (χ0v) is 12.9. The average molecular weight is 282 g/mol. The molecule has 108 valence electrons. The van der Waals surface area contributed by atoms with Crippen LogP contribution in [0.5, 0.6) is 0 Å². The van der Waals surface area contributed by atoms with Crippen molar-refractivity contribution in [3.05, 3.63) is 18.0 Å². The van der Waals surface area contributed by atoms with E-state index in [0.717, 1.165) is 11.4 Å². The maximum Gasteiger partial charge on any atom is 0.0686 e. The molecule has 1 aliphatic carbocycles. The zero-order chi connectivity index (χ0) is 13.7. The fourth-order valence-corrected chi connectivity index (χ4v) is 3.36. The number of aliphatic hydroxyl groups is 1. The molecule has 3 nitrogen and oxygen atoms in total. The monoisotopic (exact) mass is 282 g/mol. The molecule has 0 aromatic carbocycles. The SMILES string of the molecule is CC(C)SCC(O)Cc1ccn(C2CCCCC2)n1. The first kappa shape index (κ1) is 14.9. The minimum Gasteiger partial charge on any atom is -0.392 e. The highest BCUT2D eigenvalue weighted by Gasteiger charge is 2.16. The van der Waals surface area contributed by atoms with Crippen LogP contribution in [-0.4, -0.2) is 32.0 Å². The largest absolute Gasteiger partial charge is 0.392 e. The summed E-state index contributed by atoms with van der Waals surface area (Å²) < 4.78 is 2.12. The smallest absolute Gasteiger partial charge is 0.0686 e. The van der Waals surface area contributed by atoms with Crippen molar-refractivity contribution in [1.82, 2.24) is 9.78 Å². The Hall–Kier alpha value is -0.480. The van der Waals surface area contributed by atoms with Crippen molar-refractivity contribution in [2.75, 3.05) is 5.75 Å². The third kappa shape index (κ3) is 4.84. The highest BCUT2D eigenvalue weighted by molar-refractivity contribution is 7.99. The number of thioether (sulfide) groups is 1. The summed E-state index contributed by atoms with van der Waals surface area (Å²) in [5.74, 6) is 0.800. The second-order valence-electron chi connectivity index (χ2n) is 5.82. The van der Waals surface area contributed by atoms with Gasteiger partial charge in [-0.1, -0.05) is 33.1 Å². The first-order valence-electron chi connectivity index (χ1n) is 7.49. The van der Waals surface area contributed by atoms with Gasteiger partial charge in [0.05, 0.1) is 17.8 Å². The van der Waals surface area contributed by atoms with Crippen LogP contribution in [0.3, 0.4) is 0 Å².